The van der Waals surface area contributed by atoms with Crippen LogP contribution >= 0.6 is 0 Å². The van der Waals surface area contributed by atoms with Gasteiger partial charge < -0.3 is 5.73 Å². The predicted molar refractivity (Wildman–Crippen MR) is 72.6 cm³/mol. The Morgan fingerprint density at radius 3 is 2.12 bits per heavy atom. The van der Waals surface area contributed by atoms with E-state index in [2.05, 4.69) is 13.5 Å². The lowest BCUT2D eigenvalue weighted by Gasteiger charge is -2.56. The smallest absolute Gasteiger partial charge is 0.0110 e. The molecule has 0 aromatic rings. The Kier molecular flexibility index (Phi) is 3.06. The third-order valence-electron chi connectivity index (χ3n) is 5.82. The van der Waals surface area contributed by atoms with E-state index in [0.717, 1.165) is 42.4 Å². The summed E-state index contributed by atoms with van der Waals surface area (Å²) in [5, 5.41) is 0. The van der Waals surface area contributed by atoms with E-state index in [1.54, 1.807) is 0 Å². The van der Waals surface area contributed by atoms with Crippen LogP contribution in [0.25, 0.3) is 0 Å². The summed E-state index contributed by atoms with van der Waals surface area (Å²) in [7, 11) is 0. The van der Waals surface area contributed by atoms with Crippen molar-refractivity contribution in [2.75, 3.05) is 0 Å². The van der Waals surface area contributed by atoms with Gasteiger partial charge in [0.15, 0.2) is 0 Å². The minimum absolute atomic E-state index is 0.400. The minimum Gasteiger partial charge on any atom is -0.327 e. The van der Waals surface area contributed by atoms with Crippen LogP contribution in [-0.2, 0) is 0 Å². The van der Waals surface area contributed by atoms with Gasteiger partial charge in [-0.25, -0.2) is 0 Å². The SMILES string of the molecule is C=C(CC)CC(N)C1C2CC3CC(C2)CC1C3. The molecule has 4 fully saturated rings. The molecule has 2 N–H and O–H groups in total. The molecule has 1 unspecified atom stereocenters. The van der Waals surface area contributed by atoms with Crippen LogP contribution in [0.15, 0.2) is 12.2 Å². The Hall–Kier alpha value is -0.300. The fraction of sp³-hybridized carbons (Fsp3) is 0.875. The molecule has 4 rings (SSSR count). The lowest BCUT2D eigenvalue weighted by atomic mass is 9.50. The van der Waals surface area contributed by atoms with Gasteiger partial charge in [0, 0.05) is 6.04 Å². The summed E-state index contributed by atoms with van der Waals surface area (Å²) >= 11 is 0. The molecule has 4 aliphatic carbocycles. The second kappa shape index (κ2) is 4.42. The summed E-state index contributed by atoms with van der Waals surface area (Å²) in [6.07, 6.45) is 9.67. The molecule has 1 nitrogen and oxygen atoms in total. The number of nitrogens with two attached hydrogens (primary N) is 1. The Morgan fingerprint density at radius 2 is 1.65 bits per heavy atom. The van der Waals surface area contributed by atoms with Gasteiger partial charge in [0.05, 0.1) is 0 Å². The van der Waals surface area contributed by atoms with Gasteiger partial charge in [-0.05, 0) is 74.5 Å². The second-order valence-electron chi connectivity index (χ2n) is 6.98. The van der Waals surface area contributed by atoms with E-state index in [1.807, 2.05) is 0 Å². The summed E-state index contributed by atoms with van der Waals surface area (Å²) in [5.74, 6) is 4.88. The number of hydrogen-bond donors (Lipinski definition) is 1. The van der Waals surface area contributed by atoms with Crippen LogP contribution in [0.3, 0.4) is 0 Å². The van der Waals surface area contributed by atoms with E-state index in [4.69, 9.17) is 5.73 Å². The highest BCUT2D eigenvalue weighted by atomic mass is 14.7. The van der Waals surface area contributed by atoms with Crippen LogP contribution in [0, 0.1) is 29.6 Å². The number of hydrogen-bond acceptors (Lipinski definition) is 1. The van der Waals surface area contributed by atoms with Crippen LogP contribution in [0.4, 0.5) is 0 Å². The molecule has 17 heavy (non-hydrogen) atoms. The van der Waals surface area contributed by atoms with Crippen LogP contribution in [0.1, 0.15) is 51.9 Å². The molecule has 4 bridgehead atoms. The summed E-state index contributed by atoms with van der Waals surface area (Å²) in [4.78, 5) is 0. The third-order valence-corrected chi connectivity index (χ3v) is 5.82. The maximum Gasteiger partial charge on any atom is 0.0110 e. The van der Waals surface area contributed by atoms with Crippen molar-refractivity contribution in [3.63, 3.8) is 0 Å². The molecule has 0 saturated heterocycles. The Bertz CT molecular complexity index is 279. The van der Waals surface area contributed by atoms with Gasteiger partial charge in [0.1, 0.15) is 0 Å². The molecule has 1 atom stereocenters. The van der Waals surface area contributed by atoms with E-state index in [9.17, 15) is 0 Å². The van der Waals surface area contributed by atoms with Crippen LogP contribution in [0.5, 0.6) is 0 Å². The first-order valence-electron chi connectivity index (χ1n) is 7.59. The molecular weight excluding hydrogens is 206 g/mol. The Labute approximate surface area is 106 Å². The van der Waals surface area contributed by atoms with Crippen molar-refractivity contribution in [3.8, 4) is 0 Å². The van der Waals surface area contributed by atoms with Crippen LogP contribution < -0.4 is 5.73 Å². The largest absolute Gasteiger partial charge is 0.327 e. The van der Waals surface area contributed by atoms with E-state index in [1.165, 1.54) is 37.7 Å². The fourth-order valence-corrected chi connectivity index (χ4v) is 5.28. The van der Waals surface area contributed by atoms with E-state index in [0.29, 0.717) is 6.04 Å². The second-order valence-corrected chi connectivity index (χ2v) is 6.98. The Morgan fingerprint density at radius 1 is 1.12 bits per heavy atom. The van der Waals surface area contributed by atoms with Crippen molar-refractivity contribution >= 4 is 0 Å². The summed E-state index contributed by atoms with van der Waals surface area (Å²) in [6, 6.07) is 0.400. The molecule has 0 aromatic carbocycles. The van der Waals surface area contributed by atoms with Crippen LogP contribution in [-0.4, -0.2) is 6.04 Å². The van der Waals surface area contributed by atoms with Crippen molar-refractivity contribution in [1.82, 2.24) is 0 Å². The van der Waals surface area contributed by atoms with Crippen molar-refractivity contribution in [3.05, 3.63) is 12.2 Å². The normalized spacial score (nSPS) is 44.9. The van der Waals surface area contributed by atoms with Crippen molar-refractivity contribution in [2.24, 2.45) is 35.3 Å². The monoisotopic (exact) mass is 233 g/mol. The third kappa shape index (κ3) is 2.07. The molecule has 0 spiro atoms. The average Bonchev–Trinajstić information content (AvgIpc) is 2.27. The van der Waals surface area contributed by atoms with E-state index < -0.39 is 0 Å². The van der Waals surface area contributed by atoms with E-state index in [-0.39, 0.29) is 0 Å². The molecule has 1 heteroatoms. The van der Waals surface area contributed by atoms with Crippen molar-refractivity contribution in [1.29, 1.82) is 0 Å². The zero-order chi connectivity index (χ0) is 12.0. The first-order valence-corrected chi connectivity index (χ1v) is 7.59. The molecule has 0 aromatic heterocycles. The van der Waals surface area contributed by atoms with E-state index >= 15 is 0 Å². The quantitative estimate of drug-likeness (QED) is 0.735. The zero-order valence-corrected chi connectivity index (χ0v) is 11.2. The average molecular weight is 233 g/mol. The molecule has 4 saturated carbocycles. The van der Waals surface area contributed by atoms with Gasteiger partial charge in [0.2, 0.25) is 0 Å². The summed E-state index contributed by atoms with van der Waals surface area (Å²) < 4.78 is 0. The van der Waals surface area contributed by atoms with Crippen molar-refractivity contribution < 1.29 is 0 Å². The lowest BCUT2D eigenvalue weighted by Crippen LogP contribution is -2.51. The minimum atomic E-state index is 0.400. The molecule has 0 amide bonds. The van der Waals surface area contributed by atoms with Gasteiger partial charge >= 0.3 is 0 Å². The maximum atomic E-state index is 6.51. The standard InChI is InChI=1S/C16H27N/c1-3-10(2)4-15(17)16-13-6-11-5-12(8-13)9-14(16)7-11/h11-16H,2-9,17H2,1H3. The molecule has 0 aliphatic heterocycles. The van der Waals surface area contributed by atoms with Crippen molar-refractivity contribution in [2.45, 2.75) is 57.9 Å². The number of rotatable bonds is 4. The van der Waals surface area contributed by atoms with Crippen LogP contribution in [0.2, 0.25) is 0 Å². The molecule has 96 valence electrons. The highest BCUT2D eigenvalue weighted by Gasteiger charge is 2.49. The lowest BCUT2D eigenvalue weighted by molar-refractivity contribution is -0.0465. The highest BCUT2D eigenvalue weighted by molar-refractivity contribution is 5.05. The fourth-order valence-electron chi connectivity index (χ4n) is 5.28. The van der Waals surface area contributed by atoms with Gasteiger partial charge in [-0.3, -0.25) is 0 Å². The van der Waals surface area contributed by atoms with Gasteiger partial charge in [-0.1, -0.05) is 19.1 Å². The van der Waals surface area contributed by atoms with Gasteiger partial charge in [-0.2, -0.15) is 0 Å². The van der Waals surface area contributed by atoms with Gasteiger partial charge in [0.25, 0.3) is 0 Å². The first kappa shape index (κ1) is 11.8. The molecule has 0 heterocycles. The predicted octanol–water partition coefficient (Wildman–Crippen LogP) is 3.74. The van der Waals surface area contributed by atoms with Gasteiger partial charge in [-0.15, -0.1) is 0 Å². The molecule has 4 aliphatic rings. The zero-order valence-electron chi connectivity index (χ0n) is 11.2. The maximum absolute atomic E-state index is 6.51. The summed E-state index contributed by atoms with van der Waals surface area (Å²) in [5.41, 5.74) is 7.87. The first-order chi connectivity index (χ1) is 8.17. The topological polar surface area (TPSA) is 26.0 Å². The highest BCUT2D eigenvalue weighted by Crippen LogP contribution is 2.57. The molecular formula is C16H27N. The molecule has 0 radical (unpaired) electrons. The summed E-state index contributed by atoms with van der Waals surface area (Å²) in [6.45, 7) is 6.35. The Balaban J connectivity index is 1.69.